The lowest BCUT2D eigenvalue weighted by molar-refractivity contribution is 0.0943. The first-order valence-electron chi connectivity index (χ1n) is 11.1. The van der Waals surface area contributed by atoms with Gasteiger partial charge in [-0.15, -0.1) is 0 Å². The van der Waals surface area contributed by atoms with Crippen molar-refractivity contribution in [2.75, 3.05) is 44.2 Å². The first-order chi connectivity index (χ1) is 15.5. The predicted molar refractivity (Wildman–Crippen MR) is 130 cm³/mol. The number of carbonyl (C=O) groups is 1. The van der Waals surface area contributed by atoms with Crippen molar-refractivity contribution >= 4 is 23.2 Å². The zero-order chi connectivity index (χ0) is 22.5. The molecule has 3 aromatic rings. The van der Waals surface area contributed by atoms with E-state index in [1.165, 1.54) is 11.3 Å². The van der Waals surface area contributed by atoms with Gasteiger partial charge < -0.3 is 10.2 Å². The lowest BCUT2D eigenvalue weighted by atomic mass is 10.1. The topological polar surface area (TPSA) is 53.4 Å². The molecule has 1 aliphatic rings. The molecule has 1 amide bonds. The molecule has 0 aliphatic carbocycles. The van der Waals surface area contributed by atoms with E-state index in [0.29, 0.717) is 12.2 Å². The van der Waals surface area contributed by atoms with Gasteiger partial charge in [0.15, 0.2) is 0 Å². The van der Waals surface area contributed by atoms with E-state index in [2.05, 4.69) is 39.3 Å². The molecule has 1 saturated heterocycles. The molecule has 0 bridgehead atoms. The highest BCUT2D eigenvalue weighted by molar-refractivity contribution is 6.30. The quantitative estimate of drug-likeness (QED) is 0.550. The highest BCUT2D eigenvalue weighted by Crippen LogP contribution is 2.25. The van der Waals surface area contributed by atoms with Crippen molar-refractivity contribution in [3.05, 3.63) is 76.6 Å². The van der Waals surface area contributed by atoms with Gasteiger partial charge in [0, 0.05) is 43.4 Å². The molecule has 1 aromatic heterocycles. The number of nitrogens with one attached hydrogen (secondary N) is 1. The first kappa shape index (κ1) is 22.4. The summed E-state index contributed by atoms with van der Waals surface area (Å²) in [6, 6.07) is 17.7. The maximum Gasteiger partial charge on any atom is 0.270 e. The summed E-state index contributed by atoms with van der Waals surface area (Å²) < 4.78 is 1.71. The normalized spacial score (nSPS) is 14.5. The van der Waals surface area contributed by atoms with Gasteiger partial charge in [-0.3, -0.25) is 9.69 Å². The number of rotatable bonds is 7. The van der Waals surface area contributed by atoms with E-state index in [1.54, 1.807) is 4.68 Å². The Hall–Kier alpha value is -2.83. The fraction of sp³-hybridized carbons (Fsp3) is 0.360. The van der Waals surface area contributed by atoms with Crippen LogP contribution in [-0.4, -0.2) is 59.9 Å². The molecule has 0 unspecified atom stereocenters. The predicted octanol–water partition coefficient (Wildman–Crippen LogP) is 4.08. The van der Waals surface area contributed by atoms with Gasteiger partial charge in [-0.2, -0.15) is 5.10 Å². The molecule has 2 heterocycles. The molecule has 0 spiro atoms. The van der Waals surface area contributed by atoms with Crippen molar-refractivity contribution in [3.63, 3.8) is 0 Å². The number of piperazine rings is 1. The third-order valence-electron chi connectivity index (χ3n) is 5.89. The Morgan fingerprint density at radius 1 is 1.03 bits per heavy atom. The Morgan fingerprint density at radius 2 is 1.78 bits per heavy atom. The second-order valence-electron chi connectivity index (χ2n) is 8.29. The fourth-order valence-corrected chi connectivity index (χ4v) is 4.32. The minimum atomic E-state index is -0.0873. The van der Waals surface area contributed by atoms with Crippen molar-refractivity contribution in [2.24, 2.45) is 0 Å². The van der Waals surface area contributed by atoms with E-state index in [-0.39, 0.29) is 5.91 Å². The number of aryl methyl sites for hydroxylation is 2. The van der Waals surface area contributed by atoms with Crippen LogP contribution < -0.4 is 10.2 Å². The van der Waals surface area contributed by atoms with Crippen molar-refractivity contribution in [1.29, 1.82) is 0 Å². The highest BCUT2D eigenvalue weighted by Gasteiger charge is 2.19. The van der Waals surface area contributed by atoms with Crippen molar-refractivity contribution in [3.8, 4) is 5.69 Å². The van der Waals surface area contributed by atoms with Crippen LogP contribution in [0, 0.1) is 13.8 Å². The second kappa shape index (κ2) is 10.2. The molecule has 0 atom stereocenters. The van der Waals surface area contributed by atoms with Crippen LogP contribution >= 0.6 is 11.6 Å². The molecule has 0 radical (unpaired) electrons. The van der Waals surface area contributed by atoms with E-state index in [4.69, 9.17) is 11.6 Å². The molecule has 1 N–H and O–H groups in total. The zero-order valence-corrected chi connectivity index (χ0v) is 19.5. The standard InChI is InChI=1S/C25H30ClN5O/c1-19-9-10-21(26)18-23(19)30-15-13-29(14-16-30)12-6-11-27-25(32)24-17-20(2)28-31(24)22-7-4-3-5-8-22/h3-5,7-10,17-18H,6,11-16H2,1-2H3,(H,27,32). The number of halogens is 1. The summed E-state index contributed by atoms with van der Waals surface area (Å²) in [6.07, 6.45) is 0.917. The second-order valence-corrected chi connectivity index (χ2v) is 8.72. The summed E-state index contributed by atoms with van der Waals surface area (Å²) in [4.78, 5) is 17.6. The van der Waals surface area contributed by atoms with Crippen LogP contribution in [-0.2, 0) is 0 Å². The van der Waals surface area contributed by atoms with Gasteiger partial charge in [-0.05, 0) is 62.7 Å². The molecule has 32 heavy (non-hydrogen) atoms. The van der Waals surface area contributed by atoms with Crippen LogP contribution in [0.2, 0.25) is 5.02 Å². The molecular weight excluding hydrogens is 422 g/mol. The smallest absolute Gasteiger partial charge is 0.270 e. The molecule has 2 aromatic carbocycles. The van der Waals surface area contributed by atoms with Gasteiger partial charge in [-0.1, -0.05) is 35.9 Å². The highest BCUT2D eigenvalue weighted by atomic mass is 35.5. The van der Waals surface area contributed by atoms with Gasteiger partial charge in [0.1, 0.15) is 5.69 Å². The lowest BCUT2D eigenvalue weighted by Crippen LogP contribution is -2.47. The molecule has 4 rings (SSSR count). The Labute approximate surface area is 194 Å². The van der Waals surface area contributed by atoms with Crippen LogP contribution in [0.4, 0.5) is 5.69 Å². The van der Waals surface area contributed by atoms with E-state index in [9.17, 15) is 4.79 Å². The van der Waals surface area contributed by atoms with Crippen molar-refractivity contribution < 1.29 is 4.79 Å². The molecule has 1 fully saturated rings. The van der Waals surface area contributed by atoms with Crippen LogP contribution in [0.3, 0.4) is 0 Å². The Balaban J connectivity index is 1.24. The van der Waals surface area contributed by atoms with Gasteiger partial charge in [0.25, 0.3) is 5.91 Å². The number of benzene rings is 2. The average Bonchev–Trinajstić information content (AvgIpc) is 3.21. The van der Waals surface area contributed by atoms with Gasteiger partial charge in [-0.25, -0.2) is 4.68 Å². The summed E-state index contributed by atoms with van der Waals surface area (Å²) in [6.45, 7) is 9.66. The summed E-state index contributed by atoms with van der Waals surface area (Å²) in [7, 11) is 0. The monoisotopic (exact) mass is 451 g/mol. The first-order valence-corrected chi connectivity index (χ1v) is 11.5. The Kier molecular flexibility index (Phi) is 7.12. The summed E-state index contributed by atoms with van der Waals surface area (Å²) >= 11 is 6.19. The number of amides is 1. The minimum absolute atomic E-state index is 0.0873. The lowest BCUT2D eigenvalue weighted by Gasteiger charge is -2.37. The number of para-hydroxylation sites is 1. The number of anilines is 1. The van der Waals surface area contributed by atoms with E-state index in [1.807, 2.05) is 49.4 Å². The van der Waals surface area contributed by atoms with E-state index in [0.717, 1.165) is 55.5 Å². The van der Waals surface area contributed by atoms with E-state index >= 15 is 0 Å². The van der Waals surface area contributed by atoms with Gasteiger partial charge in [0.2, 0.25) is 0 Å². The molecule has 1 aliphatic heterocycles. The summed E-state index contributed by atoms with van der Waals surface area (Å²) in [5.41, 5.74) is 4.77. The van der Waals surface area contributed by atoms with Crippen LogP contribution in [0.5, 0.6) is 0 Å². The average molecular weight is 452 g/mol. The molecule has 6 nitrogen and oxygen atoms in total. The number of nitrogens with zero attached hydrogens (tertiary/aromatic N) is 4. The molecular formula is C25H30ClN5O. The zero-order valence-electron chi connectivity index (χ0n) is 18.7. The van der Waals surface area contributed by atoms with Crippen LogP contribution in [0.15, 0.2) is 54.6 Å². The number of hydrogen-bond donors (Lipinski definition) is 1. The molecule has 168 valence electrons. The third kappa shape index (κ3) is 5.31. The molecule has 0 saturated carbocycles. The Bertz CT molecular complexity index is 1060. The van der Waals surface area contributed by atoms with E-state index < -0.39 is 0 Å². The SMILES string of the molecule is Cc1cc(C(=O)NCCCN2CCN(c3cc(Cl)ccc3C)CC2)n(-c2ccccc2)n1. The summed E-state index contributed by atoms with van der Waals surface area (Å²) in [5.74, 6) is -0.0873. The Morgan fingerprint density at radius 3 is 2.53 bits per heavy atom. The fourth-order valence-electron chi connectivity index (χ4n) is 4.16. The number of aromatic nitrogens is 2. The number of carbonyl (C=O) groups excluding carboxylic acids is 1. The number of hydrogen-bond acceptors (Lipinski definition) is 4. The minimum Gasteiger partial charge on any atom is -0.369 e. The maximum atomic E-state index is 12.8. The summed E-state index contributed by atoms with van der Waals surface area (Å²) in [5, 5.41) is 8.33. The van der Waals surface area contributed by atoms with Gasteiger partial charge in [0.05, 0.1) is 11.4 Å². The van der Waals surface area contributed by atoms with Crippen molar-refractivity contribution in [2.45, 2.75) is 20.3 Å². The largest absolute Gasteiger partial charge is 0.369 e. The van der Waals surface area contributed by atoms with Gasteiger partial charge >= 0.3 is 0 Å². The third-order valence-corrected chi connectivity index (χ3v) is 6.12. The van der Waals surface area contributed by atoms with Crippen LogP contribution in [0.1, 0.15) is 28.2 Å². The van der Waals surface area contributed by atoms with Crippen molar-refractivity contribution in [1.82, 2.24) is 20.0 Å². The van der Waals surface area contributed by atoms with Crippen LogP contribution in [0.25, 0.3) is 5.69 Å². The molecule has 7 heteroatoms. The maximum absolute atomic E-state index is 12.8.